The predicted molar refractivity (Wildman–Crippen MR) is 98.3 cm³/mol. The van der Waals surface area contributed by atoms with Crippen LogP contribution in [0.3, 0.4) is 0 Å². The quantitative estimate of drug-likeness (QED) is 0.436. The largest absolute Gasteiger partial charge is 0.503 e. The molecule has 0 saturated heterocycles. The normalized spacial score (nSPS) is 11.2. The van der Waals surface area contributed by atoms with Gasteiger partial charge in [0.25, 0.3) is 5.69 Å². The molecule has 1 unspecified atom stereocenters. The average Bonchev–Trinajstić information content (AvgIpc) is 2.60. The summed E-state index contributed by atoms with van der Waals surface area (Å²) >= 11 is 4.28. The van der Waals surface area contributed by atoms with Gasteiger partial charge in [-0.15, -0.1) is 0 Å². The van der Waals surface area contributed by atoms with E-state index in [0.29, 0.717) is 5.56 Å². The van der Waals surface area contributed by atoms with E-state index in [1.54, 1.807) is 31.2 Å². The van der Waals surface area contributed by atoms with Crippen molar-refractivity contribution in [3.8, 4) is 11.8 Å². The van der Waals surface area contributed by atoms with E-state index in [-0.39, 0.29) is 33.2 Å². The molecular weight excluding hydrogens is 404 g/mol. The molecule has 25 heavy (non-hydrogen) atoms. The van der Waals surface area contributed by atoms with Gasteiger partial charge in [-0.05, 0) is 28.4 Å². The number of aromatic nitrogens is 1. The van der Waals surface area contributed by atoms with Crippen molar-refractivity contribution in [3.05, 3.63) is 57.5 Å². The van der Waals surface area contributed by atoms with Crippen LogP contribution in [0.5, 0.6) is 5.75 Å². The van der Waals surface area contributed by atoms with Crippen LogP contribution in [0.2, 0.25) is 0 Å². The van der Waals surface area contributed by atoms with Crippen LogP contribution in [-0.2, 0) is 4.79 Å². The van der Waals surface area contributed by atoms with E-state index < -0.39 is 11.2 Å². The van der Waals surface area contributed by atoms with Crippen LogP contribution in [0.1, 0.15) is 23.3 Å². The van der Waals surface area contributed by atoms with Gasteiger partial charge in [0, 0.05) is 0 Å². The smallest absolute Gasteiger partial charge is 0.261 e. The van der Waals surface area contributed by atoms with Crippen molar-refractivity contribution in [2.75, 3.05) is 6.61 Å². The first-order valence-corrected chi connectivity index (χ1v) is 8.85. The van der Waals surface area contributed by atoms with Gasteiger partial charge in [-0.2, -0.15) is 5.26 Å². The number of halogens is 1. The second-order valence-electron chi connectivity index (χ2n) is 4.73. The van der Waals surface area contributed by atoms with E-state index in [0.717, 1.165) is 11.8 Å². The summed E-state index contributed by atoms with van der Waals surface area (Å²) in [7, 11) is 0. The summed E-state index contributed by atoms with van der Waals surface area (Å²) in [6, 6.07) is 11.0. The van der Waals surface area contributed by atoms with E-state index in [4.69, 9.17) is 17.0 Å². The average molecular weight is 417 g/mol. The number of nitriles is 1. The number of nitrogens with two attached hydrogens (primary N) is 1. The fourth-order valence-electron chi connectivity index (χ4n) is 2.10. The van der Waals surface area contributed by atoms with Crippen LogP contribution < -0.4 is 10.5 Å². The SMILES string of the molecule is [C-]#[N+]c1c(Br)nc(SC(C(N)=O)c2ccccc2)c(C#N)c1OCC. The van der Waals surface area contributed by atoms with Crippen molar-refractivity contribution in [3.63, 3.8) is 0 Å². The minimum absolute atomic E-state index is 0.114. The number of rotatable bonds is 6. The van der Waals surface area contributed by atoms with Crippen molar-refractivity contribution < 1.29 is 9.53 Å². The Hall–Kier alpha value is -2.55. The number of pyridine rings is 1. The van der Waals surface area contributed by atoms with Gasteiger partial charge < -0.3 is 10.5 Å². The molecule has 0 spiro atoms. The Morgan fingerprint density at radius 1 is 1.52 bits per heavy atom. The maximum Gasteiger partial charge on any atom is 0.261 e. The molecule has 2 N–H and O–H groups in total. The minimum Gasteiger partial charge on any atom is -0.503 e. The summed E-state index contributed by atoms with van der Waals surface area (Å²) < 4.78 is 5.74. The molecule has 2 rings (SSSR count). The van der Waals surface area contributed by atoms with E-state index in [9.17, 15) is 10.1 Å². The highest BCUT2D eigenvalue weighted by Gasteiger charge is 2.26. The van der Waals surface area contributed by atoms with Crippen LogP contribution in [0, 0.1) is 17.9 Å². The molecule has 1 heterocycles. The summed E-state index contributed by atoms with van der Waals surface area (Å²) in [4.78, 5) is 19.6. The minimum atomic E-state index is -0.721. The van der Waals surface area contributed by atoms with Gasteiger partial charge in [-0.1, -0.05) is 42.1 Å². The Balaban J connectivity index is 2.57. The van der Waals surface area contributed by atoms with Gasteiger partial charge in [-0.25, -0.2) is 9.83 Å². The van der Waals surface area contributed by atoms with Crippen molar-refractivity contribution >= 4 is 39.3 Å². The molecule has 0 radical (unpaired) electrons. The highest BCUT2D eigenvalue weighted by atomic mass is 79.9. The molecule has 0 saturated carbocycles. The van der Waals surface area contributed by atoms with Crippen LogP contribution in [0.25, 0.3) is 4.85 Å². The number of carbonyl (C=O) groups excluding carboxylic acids is 1. The van der Waals surface area contributed by atoms with E-state index in [2.05, 4.69) is 25.8 Å². The zero-order chi connectivity index (χ0) is 18.4. The first-order valence-electron chi connectivity index (χ1n) is 7.18. The molecule has 126 valence electrons. The van der Waals surface area contributed by atoms with E-state index >= 15 is 0 Å². The number of benzene rings is 1. The van der Waals surface area contributed by atoms with Crippen LogP contribution in [0.15, 0.2) is 40.0 Å². The molecule has 8 heteroatoms. The fourth-order valence-corrected chi connectivity index (χ4v) is 3.70. The fraction of sp³-hybridized carbons (Fsp3) is 0.176. The molecule has 1 amide bonds. The number of carbonyl (C=O) groups is 1. The Labute approximate surface area is 157 Å². The first-order chi connectivity index (χ1) is 12.0. The second kappa shape index (κ2) is 8.52. The third kappa shape index (κ3) is 4.11. The monoisotopic (exact) mass is 416 g/mol. The van der Waals surface area contributed by atoms with E-state index in [1.807, 2.05) is 12.1 Å². The van der Waals surface area contributed by atoms with Crippen molar-refractivity contribution in [1.82, 2.24) is 4.98 Å². The molecule has 0 aliphatic heterocycles. The van der Waals surface area contributed by atoms with Gasteiger partial charge in [0.2, 0.25) is 5.91 Å². The lowest BCUT2D eigenvalue weighted by Gasteiger charge is -2.16. The van der Waals surface area contributed by atoms with Gasteiger partial charge in [-0.3, -0.25) is 4.79 Å². The lowest BCUT2D eigenvalue weighted by atomic mass is 10.1. The molecule has 1 aromatic heterocycles. The highest BCUT2D eigenvalue weighted by Crippen LogP contribution is 2.44. The second-order valence-corrected chi connectivity index (χ2v) is 6.57. The molecule has 0 aliphatic rings. The molecule has 2 aromatic rings. The number of primary amides is 1. The van der Waals surface area contributed by atoms with Gasteiger partial charge in [0.15, 0.2) is 0 Å². The Bertz CT molecular complexity index is 875. The molecule has 1 aromatic carbocycles. The topological polar surface area (TPSA) is 93.4 Å². The predicted octanol–water partition coefficient (Wildman–Crippen LogP) is 3.98. The molecule has 0 bridgehead atoms. The molecule has 0 fully saturated rings. The lowest BCUT2D eigenvalue weighted by molar-refractivity contribution is -0.117. The third-order valence-electron chi connectivity index (χ3n) is 3.15. The first kappa shape index (κ1) is 18.8. The number of amides is 1. The summed E-state index contributed by atoms with van der Waals surface area (Å²) in [6.45, 7) is 9.32. The molecule has 1 atom stereocenters. The van der Waals surface area contributed by atoms with E-state index in [1.165, 1.54) is 0 Å². The number of ether oxygens (including phenoxy) is 1. The molecule has 0 aliphatic carbocycles. The number of nitrogens with zero attached hydrogens (tertiary/aromatic N) is 3. The summed E-state index contributed by atoms with van der Waals surface area (Å²) in [5, 5.41) is 9.10. The molecular formula is C17H13BrN4O2S. The standard InChI is InChI=1S/C17H13BrN4O2S/c1-3-24-13-11(9-19)17(22-15(18)12(13)21-2)25-14(16(20)23)10-7-5-4-6-8-10/h4-8,14H,3H2,1H3,(H2,20,23). The summed E-state index contributed by atoms with van der Waals surface area (Å²) in [6.07, 6.45) is 0. The summed E-state index contributed by atoms with van der Waals surface area (Å²) in [5.74, 6) is -0.397. The summed E-state index contributed by atoms with van der Waals surface area (Å²) in [5.41, 5.74) is 6.48. The third-order valence-corrected chi connectivity index (χ3v) is 4.97. The van der Waals surface area contributed by atoms with Crippen molar-refractivity contribution in [2.45, 2.75) is 17.2 Å². The van der Waals surface area contributed by atoms with Crippen LogP contribution in [-0.4, -0.2) is 17.5 Å². The van der Waals surface area contributed by atoms with Crippen molar-refractivity contribution in [2.24, 2.45) is 5.73 Å². The van der Waals surface area contributed by atoms with Gasteiger partial charge in [0.05, 0.1) is 13.2 Å². The maximum atomic E-state index is 11.9. The zero-order valence-electron chi connectivity index (χ0n) is 13.2. The number of hydrogen-bond donors (Lipinski definition) is 1. The Morgan fingerprint density at radius 2 is 2.20 bits per heavy atom. The number of hydrogen-bond acceptors (Lipinski definition) is 5. The van der Waals surface area contributed by atoms with Crippen LogP contribution in [0.4, 0.5) is 5.69 Å². The van der Waals surface area contributed by atoms with Crippen LogP contribution >= 0.6 is 27.7 Å². The Kier molecular flexibility index (Phi) is 6.40. The van der Waals surface area contributed by atoms with Gasteiger partial charge >= 0.3 is 0 Å². The maximum absolute atomic E-state index is 11.9. The number of thioether (sulfide) groups is 1. The highest BCUT2D eigenvalue weighted by molar-refractivity contribution is 9.10. The zero-order valence-corrected chi connectivity index (χ0v) is 15.6. The van der Waals surface area contributed by atoms with Gasteiger partial charge in [0.1, 0.15) is 32.3 Å². The lowest BCUT2D eigenvalue weighted by Crippen LogP contribution is -2.19. The van der Waals surface area contributed by atoms with Crippen molar-refractivity contribution in [1.29, 1.82) is 5.26 Å². The Morgan fingerprint density at radius 3 is 2.72 bits per heavy atom. The molecule has 6 nitrogen and oxygen atoms in total.